The van der Waals surface area contributed by atoms with E-state index in [1.165, 1.54) is 0 Å². The second-order valence-corrected chi connectivity index (χ2v) is 9.87. The lowest BCUT2D eigenvalue weighted by Gasteiger charge is -2.24. The van der Waals surface area contributed by atoms with Gasteiger partial charge >= 0.3 is 0 Å². The Balaban J connectivity index is 1.72. The Labute approximate surface area is 217 Å². The van der Waals surface area contributed by atoms with Crippen LogP contribution in [0.25, 0.3) is 0 Å². The van der Waals surface area contributed by atoms with Gasteiger partial charge in [0, 0.05) is 23.8 Å². The Bertz CT molecular complexity index is 1290. The highest BCUT2D eigenvalue weighted by molar-refractivity contribution is 7.85. The third kappa shape index (κ3) is 5.68. The highest BCUT2D eigenvalue weighted by Gasteiger charge is 2.31. The van der Waals surface area contributed by atoms with E-state index in [9.17, 15) is 13.8 Å². The summed E-state index contributed by atoms with van der Waals surface area (Å²) >= 11 is 6.18. The van der Waals surface area contributed by atoms with Gasteiger partial charge in [0.15, 0.2) is 6.29 Å². The van der Waals surface area contributed by atoms with Gasteiger partial charge in [-0.15, -0.1) is 0 Å². The summed E-state index contributed by atoms with van der Waals surface area (Å²) in [6.45, 7) is 4.96. The first-order chi connectivity index (χ1) is 17.4. The van der Waals surface area contributed by atoms with Crippen molar-refractivity contribution in [1.82, 2.24) is 5.32 Å². The van der Waals surface area contributed by atoms with Crippen molar-refractivity contribution in [1.29, 1.82) is 0 Å². The van der Waals surface area contributed by atoms with Crippen molar-refractivity contribution < 1.29 is 23.3 Å². The van der Waals surface area contributed by atoms with Gasteiger partial charge in [-0.05, 0) is 61.9 Å². The lowest BCUT2D eigenvalue weighted by atomic mass is 10.1. The maximum absolute atomic E-state index is 13.7. The standard InChI is InChI=1S/C27H27ClN2O5S/c1-3-34-25(35-4-2)16-29-26(31)19-12-13-24-22(15-19)30(17-18-8-7-9-20(28)14-18)27(32)21-10-5-6-11-23(21)36(24)33/h5-15,25H,3-4,16-17H2,1-2H3,(H,29,31)/t36-/m0/s1. The second kappa shape index (κ2) is 11.8. The molecule has 3 aromatic carbocycles. The number of fused-ring (bicyclic) bond motifs is 2. The summed E-state index contributed by atoms with van der Waals surface area (Å²) in [6.07, 6.45) is -0.562. The monoisotopic (exact) mass is 526 g/mol. The topological polar surface area (TPSA) is 84.9 Å². The van der Waals surface area contributed by atoms with Crippen molar-refractivity contribution in [3.63, 3.8) is 0 Å². The lowest BCUT2D eigenvalue weighted by molar-refractivity contribution is -0.131. The molecule has 0 spiro atoms. The molecule has 0 unspecified atom stereocenters. The first-order valence-electron chi connectivity index (χ1n) is 11.7. The van der Waals surface area contributed by atoms with Gasteiger partial charge in [0.05, 0.1) is 44.9 Å². The molecule has 1 atom stereocenters. The number of rotatable bonds is 9. The molecule has 2 amide bonds. The number of halogens is 1. The zero-order valence-electron chi connectivity index (χ0n) is 20.0. The summed E-state index contributed by atoms with van der Waals surface area (Å²) < 4.78 is 24.5. The smallest absolute Gasteiger partial charge is 0.259 e. The van der Waals surface area contributed by atoms with Crippen LogP contribution in [0.3, 0.4) is 0 Å². The summed E-state index contributed by atoms with van der Waals surface area (Å²) in [7, 11) is -1.61. The Morgan fingerprint density at radius 2 is 1.75 bits per heavy atom. The van der Waals surface area contributed by atoms with E-state index >= 15 is 0 Å². The maximum Gasteiger partial charge on any atom is 0.259 e. The quantitative estimate of drug-likeness (QED) is 0.405. The van der Waals surface area contributed by atoms with Gasteiger partial charge in [-0.3, -0.25) is 9.59 Å². The van der Waals surface area contributed by atoms with Crippen LogP contribution in [0.15, 0.2) is 76.5 Å². The molecule has 0 aliphatic carbocycles. The molecular formula is C27H27ClN2O5S. The Morgan fingerprint density at radius 3 is 2.47 bits per heavy atom. The first kappa shape index (κ1) is 26.0. The van der Waals surface area contributed by atoms with Gasteiger partial charge in [0.1, 0.15) is 0 Å². The van der Waals surface area contributed by atoms with E-state index in [-0.39, 0.29) is 24.9 Å². The molecule has 4 rings (SSSR count). The number of anilines is 1. The highest BCUT2D eigenvalue weighted by Crippen LogP contribution is 2.36. The Kier molecular flexibility index (Phi) is 8.53. The predicted octanol–water partition coefficient (Wildman–Crippen LogP) is 4.80. The summed E-state index contributed by atoms with van der Waals surface area (Å²) in [5, 5.41) is 3.36. The second-order valence-electron chi connectivity index (χ2n) is 8.02. The van der Waals surface area contributed by atoms with Crippen molar-refractivity contribution in [3.8, 4) is 0 Å². The van der Waals surface area contributed by atoms with Crippen LogP contribution in [0.1, 0.15) is 40.1 Å². The van der Waals surface area contributed by atoms with E-state index < -0.39 is 17.1 Å². The minimum absolute atomic E-state index is 0.167. The minimum atomic E-state index is -1.61. The van der Waals surface area contributed by atoms with Crippen LogP contribution in [0.4, 0.5) is 5.69 Å². The van der Waals surface area contributed by atoms with Crippen LogP contribution in [0.2, 0.25) is 5.02 Å². The molecule has 188 valence electrons. The number of hydrogen-bond donors (Lipinski definition) is 1. The molecule has 3 aromatic rings. The summed E-state index contributed by atoms with van der Waals surface area (Å²) in [4.78, 5) is 29.1. The van der Waals surface area contributed by atoms with E-state index in [1.807, 2.05) is 26.0 Å². The molecule has 0 saturated carbocycles. The molecule has 0 aromatic heterocycles. The average Bonchev–Trinajstić information content (AvgIpc) is 2.97. The van der Waals surface area contributed by atoms with Crippen molar-refractivity contribution in [3.05, 3.63) is 88.4 Å². The van der Waals surface area contributed by atoms with Crippen molar-refractivity contribution in [2.75, 3.05) is 24.7 Å². The molecule has 36 heavy (non-hydrogen) atoms. The summed E-state index contributed by atoms with van der Waals surface area (Å²) in [5.74, 6) is -0.659. The lowest BCUT2D eigenvalue weighted by Crippen LogP contribution is -2.35. The zero-order chi connectivity index (χ0) is 25.7. The molecule has 9 heteroatoms. The van der Waals surface area contributed by atoms with Crippen LogP contribution in [0.5, 0.6) is 0 Å². The molecular weight excluding hydrogens is 500 g/mol. The largest absolute Gasteiger partial charge is 0.351 e. The van der Waals surface area contributed by atoms with Gasteiger partial charge in [-0.1, -0.05) is 35.9 Å². The number of ether oxygens (including phenoxy) is 2. The molecule has 0 bridgehead atoms. The van der Waals surface area contributed by atoms with Crippen molar-refractivity contribution >= 4 is 39.9 Å². The molecule has 1 heterocycles. The normalized spacial score (nSPS) is 14.8. The average molecular weight is 527 g/mol. The van der Waals surface area contributed by atoms with E-state index in [1.54, 1.807) is 59.5 Å². The Hall–Kier alpha value is -3.04. The van der Waals surface area contributed by atoms with E-state index in [0.717, 1.165) is 5.56 Å². The van der Waals surface area contributed by atoms with Crippen molar-refractivity contribution in [2.24, 2.45) is 0 Å². The molecule has 1 aliphatic rings. The molecule has 7 nitrogen and oxygen atoms in total. The summed E-state index contributed by atoms with van der Waals surface area (Å²) in [6, 6.07) is 18.9. The number of nitrogens with one attached hydrogen (secondary N) is 1. The highest BCUT2D eigenvalue weighted by atomic mass is 35.5. The number of benzene rings is 3. The molecule has 0 fully saturated rings. The number of hydrogen-bond acceptors (Lipinski definition) is 5. The molecule has 0 radical (unpaired) electrons. The van der Waals surface area contributed by atoms with Gasteiger partial charge in [-0.2, -0.15) is 0 Å². The number of nitrogens with zero attached hydrogens (tertiary/aromatic N) is 1. The van der Waals surface area contributed by atoms with Gasteiger partial charge in [-0.25, -0.2) is 4.21 Å². The van der Waals surface area contributed by atoms with Crippen LogP contribution in [-0.2, 0) is 26.8 Å². The fourth-order valence-electron chi connectivity index (χ4n) is 4.00. The van der Waals surface area contributed by atoms with Gasteiger partial charge in [0.2, 0.25) is 0 Å². The van der Waals surface area contributed by atoms with Crippen molar-refractivity contribution in [2.45, 2.75) is 36.5 Å². The summed E-state index contributed by atoms with van der Waals surface area (Å²) in [5.41, 5.74) is 1.90. The fourth-order valence-corrected chi connectivity index (χ4v) is 5.55. The zero-order valence-corrected chi connectivity index (χ0v) is 21.6. The number of amides is 2. The molecule has 0 saturated heterocycles. The van der Waals surface area contributed by atoms with Gasteiger partial charge in [0.25, 0.3) is 11.8 Å². The Morgan fingerprint density at radius 1 is 1.00 bits per heavy atom. The fraction of sp³-hybridized carbons (Fsp3) is 0.259. The van der Waals surface area contributed by atoms with Crippen LogP contribution in [0, 0.1) is 0 Å². The van der Waals surface area contributed by atoms with Crippen LogP contribution < -0.4 is 10.2 Å². The van der Waals surface area contributed by atoms with E-state index in [0.29, 0.717) is 44.8 Å². The van der Waals surface area contributed by atoms with Gasteiger partial charge < -0.3 is 19.7 Å². The van der Waals surface area contributed by atoms with Crippen LogP contribution >= 0.6 is 11.6 Å². The van der Waals surface area contributed by atoms with Crippen LogP contribution in [-0.4, -0.2) is 42.1 Å². The molecule has 1 aliphatic heterocycles. The SMILES string of the molecule is CCOC(CNC(=O)c1ccc2c(c1)N(Cc1cccc(Cl)c1)C(=O)c1ccccc1[S@@]2=O)OCC. The predicted molar refractivity (Wildman–Crippen MR) is 139 cm³/mol. The molecule has 1 N–H and O–H groups in total. The third-order valence-corrected chi connectivity index (χ3v) is 7.37. The number of carbonyl (C=O) groups excluding carboxylic acids is 2. The third-order valence-electron chi connectivity index (χ3n) is 5.64. The minimum Gasteiger partial charge on any atom is -0.351 e. The van der Waals surface area contributed by atoms with E-state index in [4.69, 9.17) is 21.1 Å². The number of carbonyl (C=O) groups is 2. The van der Waals surface area contributed by atoms with E-state index in [2.05, 4.69) is 5.32 Å². The first-order valence-corrected chi connectivity index (χ1v) is 13.2. The maximum atomic E-state index is 13.7.